The summed E-state index contributed by atoms with van der Waals surface area (Å²) in [6.07, 6.45) is 8.64. The maximum absolute atomic E-state index is 3.79. The molecule has 0 bridgehead atoms. The van der Waals surface area contributed by atoms with Crippen LogP contribution in [0, 0.1) is 23.2 Å². The number of nitrogens with one attached hydrogen (secondary N) is 1. The van der Waals surface area contributed by atoms with E-state index in [1.165, 1.54) is 38.5 Å². The van der Waals surface area contributed by atoms with Gasteiger partial charge in [-0.2, -0.15) is 0 Å². The fraction of sp³-hybridized carbons (Fsp3) is 1.00. The molecular weight excluding hydrogens is 218 g/mol. The van der Waals surface area contributed by atoms with Gasteiger partial charge in [-0.25, -0.2) is 0 Å². The van der Waals surface area contributed by atoms with E-state index in [4.69, 9.17) is 0 Å². The molecule has 1 saturated carbocycles. The second kappa shape index (κ2) is 5.53. The minimum Gasteiger partial charge on any atom is -0.311 e. The summed E-state index contributed by atoms with van der Waals surface area (Å²) in [6.45, 7) is 12.0. The highest BCUT2D eigenvalue weighted by Gasteiger charge is 2.38. The SMILES string of the molecule is CCC1NC(C)CC1C1CCC(C(C)(C)C)CC1. The standard InChI is InChI=1S/C17H33N/c1-6-16-15(11-12(2)18-16)13-7-9-14(10-8-13)17(3,4)5/h12-16,18H,6-11H2,1-5H3. The lowest BCUT2D eigenvalue weighted by atomic mass is 9.66. The molecule has 1 aliphatic carbocycles. The molecule has 1 aliphatic heterocycles. The summed E-state index contributed by atoms with van der Waals surface area (Å²) in [5.41, 5.74) is 0.524. The minimum atomic E-state index is 0.524. The molecule has 1 heterocycles. The summed E-state index contributed by atoms with van der Waals surface area (Å²) >= 11 is 0. The molecule has 0 aromatic rings. The van der Waals surface area contributed by atoms with Crippen LogP contribution in [-0.4, -0.2) is 12.1 Å². The Bertz CT molecular complexity index is 257. The molecule has 0 aromatic heterocycles. The van der Waals surface area contributed by atoms with Gasteiger partial charge in [0.05, 0.1) is 0 Å². The first-order valence-electron chi connectivity index (χ1n) is 8.17. The molecule has 2 rings (SSSR count). The van der Waals surface area contributed by atoms with E-state index in [9.17, 15) is 0 Å². The van der Waals surface area contributed by atoms with Crippen molar-refractivity contribution in [2.75, 3.05) is 0 Å². The lowest BCUT2D eigenvalue weighted by Gasteiger charge is -2.39. The maximum atomic E-state index is 3.79. The monoisotopic (exact) mass is 251 g/mol. The Hall–Kier alpha value is -0.0400. The third kappa shape index (κ3) is 3.10. The Morgan fingerprint density at radius 3 is 2.17 bits per heavy atom. The van der Waals surface area contributed by atoms with Crippen LogP contribution in [0.3, 0.4) is 0 Å². The van der Waals surface area contributed by atoms with Crippen molar-refractivity contribution in [3.8, 4) is 0 Å². The van der Waals surface area contributed by atoms with Gasteiger partial charge in [-0.05, 0) is 68.6 Å². The molecule has 0 amide bonds. The Morgan fingerprint density at radius 1 is 1.06 bits per heavy atom. The molecule has 1 saturated heterocycles. The highest BCUT2D eigenvalue weighted by molar-refractivity contribution is 4.93. The first-order valence-corrected chi connectivity index (χ1v) is 8.17. The van der Waals surface area contributed by atoms with Crippen LogP contribution in [0.25, 0.3) is 0 Å². The number of hydrogen-bond donors (Lipinski definition) is 1. The fourth-order valence-electron chi connectivity index (χ4n) is 4.48. The van der Waals surface area contributed by atoms with E-state index in [-0.39, 0.29) is 0 Å². The minimum absolute atomic E-state index is 0.524. The third-order valence-corrected chi connectivity index (χ3v) is 5.68. The molecule has 3 unspecified atom stereocenters. The van der Waals surface area contributed by atoms with Gasteiger partial charge in [0.2, 0.25) is 0 Å². The van der Waals surface area contributed by atoms with Gasteiger partial charge in [0.1, 0.15) is 0 Å². The van der Waals surface area contributed by atoms with Gasteiger partial charge in [-0.15, -0.1) is 0 Å². The van der Waals surface area contributed by atoms with Crippen LogP contribution < -0.4 is 5.32 Å². The van der Waals surface area contributed by atoms with Crippen molar-refractivity contribution in [2.24, 2.45) is 23.2 Å². The van der Waals surface area contributed by atoms with Crippen molar-refractivity contribution >= 4 is 0 Å². The third-order valence-electron chi connectivity index (χ3n) is 5.68. The zero-order chi connectivity index (χ0) is 13.3. The number of rotatable bonds is 2. The van der Waals surface area contributed by atoms with Crippen molar-refractivity contribution in [3.05, 3.63) is 0 Å². The highest BCUT2D eigenvalue weighted by atomic mass is 15.0. The lowest BCUT2D eigenvalue weighted by Crippen LogP contribution is -2.35. The molecule has 3 atom stereocenters. The van der Waals surface area contributed by atoms with Crippen LogP contribution in [0.15, 0.2) is 0 Å². The summed E-state index contributed by atoms with van der Waals surface area (Å²) in [5, 5.41) is 3.79. The van der Waals surface area contributed by atoms with E-state index in [2.05, 4.69) is 39.9 Å². The predicted octanol–water partition coefficient (Wildman–Crippen LogP) is 4.62. The summed E-state index contributed by atoms with van der Waals surface area (Å²) in [5.74, 6) is 2.93. The van der Waals surface area contributed by atoms with Gasteiger partial charge in [-0.3, -0.25) is 0 Å². The first-order chi connectivity index (χ1) is 8.41. The second-order valence-electron chi connectivity index (χ2n) is 7.96. The van der Waals surface area contributed by atoms with Gasteiger partial charge in [0.15, 0.2) is 0 Å². The van der Waals surface area contributed by atoms with Gasteiger partial charge >= 0.3 is 0 Å². The van der Waals surface area contributed by atoms with Gasteiger partial charge in [0, 0.05) is 12.1 Å². The first kappa shape index (κ1) is 14.4. The van der Waals surface area contributed by atoms with Gasteiger partial charge in [-0.1, -0.05) is 27.7 Å². The van der Waals surface area contributed by atoms with Crippen molar-refractivity contribution in [3.63, 3.8) is 0 Å². The van der Waals surface area contributed by atoms with Crippen LogP contribution in [0.1, 0.15) is 73.1 Å². The lowest BCUT2D eigenvalue weighted by molar-refractivity contribution is 0.118. The summed E-state index contributed by atoms with van der Waals surface area (Å²) in [7, 11) is 0. The van der Waals surface area contributed by atoms with Crippen LogP contribution in [0.4, 0.5) is 0 Å². The Balaban J connectivity index is 1.89. The predicted molar refractivity (Wildman–Crippen MR) is 79.7 cm³/mol. The molecule has 0 spiro atoms. The molecule has 2 aliphatic rings. The maximum Gasteiger partial charge on any atom is 0.00984 e. The molecule has 0 aromatic carbocycles. The molecule has 0 radical (unpaired) electrons. The van der Waals surface area contributed by atoms with E-state index in [1.54, 1.807) is 0 Å². The van der Waals surface area contributed by atoms with Crippen LogP contribution in [0.5, 0.6) is 0 Å². The van der Waals surface area contributed by atoms with Gasteiger partial charge in [0.25, 0.3) is 0 Å². The summed E-state index contributed by atoms with van der Waals surface area (Å²) in [6, 6.07) is 1.55. The van der Waals surface area contributed by atoms with E-state index >= 15 is 0 Å². The zero-order valence-electron chi connectivity index (χ0n) is 13.1. The highest BCUT2D eigenvalue weighted by Crippen LogP contribution is 2.44. The normalized spacial score (nSPS) is 42.2. The van der Waals surface area contributed by atoms with E-state index in [0.29, 0.717) is 5.41 Å². The summed E-state index contributed by atoms with van der Waals surface area (Å²) < 4.78 is 0. The summed E-state index contributed by atoms with van der Waals surface area (Å²) in [4.78, 5) is 0. The Morgan fingerprint density at radius 2 is 1.67 bits per heavy atom. The molecule has 106 valence electrons. The average Bonchev–Trinajstić information content (AvgIpc) is 2.69. The fourth-order valence-corrected chi connectivity index (χ4v) is 4.48. The second-order valence-corrected chi connectivity index (χ2v) is 7.96. The van der Waals surface area contributed by atoms with E-state index in [1.807, 2.05) is 0 Å². The van der Waals surface area contributed by atoms with Gasteiger partial charge < -0.3 is 5.32 Å². The molecule has 18 heavy (non-hydrogen) atoms. The Labute approximate surface area is 114 Å². The van der Waals surface area contributed by atoms with Crippen LogP contribution in [0.2, 0.25) is 0 Å². The van der Waals surface area contributed by atoms with Crippen molar-refractivity contribution in [2.45, 2.75) is 85.2 Å². The Kier molecular flexibility index (Phi) is 4.41. The smallest absolute Gasteiger partial charge is 0.00984 e. The van der Waals surface area contributed by atoms with Crippen molar-refractivity contribution in [1.29, 1.82) is 0 Å². The molecular formula is C17H33N. The molecule has 1 nitrogen and oxygen atoms in total. The van der Waals surface area contributed by atoms with Crippen LogP contribution >= 0.6 is 0 Å². The van der Waals surface area contributed by atoms with E-state index in [0.717, 1.165) is 29.8 Å². The zero-order valence-corrected chi connectivity index (χ0v) is 13.1. The average molecular weight is 251 g/mol. The molecule has 1 heteroatoms. The van der Waals surface area contributed by atoms with E-state index < -0.39 is 0 Å². The molecule has 2 fully saturated rings. The molecule has 1 N–H and O–H groups in total. The largest absolute Gasteiger partial charge is 0.311 e. The van der Waals surface area contributed by atoms with Crippen molar-refractivity contribution in [1.82, 2.24) is 5.32 Å². The quantitative estimate of drug-likeness (QED) is 0.755. The number of hydrogen-bond acceptors (Lipinski definition) is 1. The topological polar surface area (TPSA) is 12.0 Å². The van der Waals surface area contributed by atoms with Crippen LogP contribution in [-0.2, 0) is 0 Å². The van der Waals surface area contributed by atoms with Crippen molar-refractivity contribution < 1.29 is 0 Å².